The summed E-state index contributed by atoms with van der Waals surface area (Å²) < 4.78 is 2.38. The van der Waals surface area contributed by atoms with Gasteiger partial charge in [0.05, 0.1) is 16.4 Å². The molecule has 0 N–H and O–H groups in total. The number of fused-ring (bicyclic) bond motifs is 11. The molecule has 0 aliphatic heterocycles. The average Bonchev–Trinajstić information content (AvgIpc) is 3.86. The van der Waals surface area contributed by atoms with Crippen LogP contribution in [0.4, 0.5) is 17.1 Å². The molecule has 14 rings (SSSR count). The van der Waals surface area contributed by atoms with Crippen molar-refractivity contribution in [1.29, 1.82) is 0 Å². The number of para-hydroxylation sites is 2. The Bertz CT molecular complexity index is 3920. The minimum atomic E-state index is -0.612. The number of hydrogen-bond donors (Lipinski definition) is 0. The minimum Gasteiger partial charge on any atom is -0.310 e. The fourth-order valence-electron chi connectivity index (χ4n) is 12.6. The van der Waals surface area contributed by atoms with Crippen molar-refractivity contribution in [3.8, 4) is 50.2 Å². The van der Waals surface area contributed by atoms with Gasteiger partial charge in [0, 0.05) is 38.9 Å². The standard InChI is InChI=1S/C70H50N2/c1-69(2)63-27-13-8-24-59(63)60-45-44-54(46-66(60)69)71(51-38-32-47(33-39-51)48-34-40-53(41-35-48)72-67-30-16-11-25-61(67)62-26-12-17-31-68(62)72)52-42-36-50(37-43-52)70(49-18-4-3-5-19-49)64-28-14-9-22-57(64)55-20-6-7-21-56(55)58-23-10-15-29-65(58)70/h3-46H,1-2H3. The Kier molecular flexibility index (Phi) is 9.50. The number of aromatic nitrogens is 1. The molecule has 2 aliphatic rings. The van der Waals surface area contributed by atoms with Crippen LogP contribution in [0.15, 0.2) is 267 Å². The molecule has 1 aromatic heterocycles. The Hall–Kier alpha value is -8.98. The monoisotopic (exact) mass is 918 g/mol. The molecule has 2 nitrogen and oxygen atoms in total. The lowest BCUT2D eigenvalue weighted by Gasteiger charge is -2.38. The summed E-state index contributed by atoms with van der Waals surface area (Å²) in [4.78, 5) is 2.44. The van der Waals surface area contributed by atoms with E-state index in [4.69, 9.17) is 0 Å². The van der Waals surface area contributed by atoms with E-state index in [1.54, 1.807) is 0 Å². The minimum absolute atomic E-state index is 0.146. The van der Waals surface area contributed by atoms with E-state index in [2.05, 4.69) is 290 Å². The maximum absolute atomic E-state index is 2.44. The van der Waals surface area contributed by atoms with Gasteiger partial charge in [-0.3, -0.25) is 0 Å². The maximum atomic E-state index is 2.44. The second kappa shape index (κ2) is 16.3. The van der Waals surface area contributed by atoms with Crippen molar-refractivity contribution in [2.45, 2.75) is 24.7 Å². The second-order valence-corrected chi connectivity index (χ2v) is 20.0. The molecule has 0 radical (unpaired) electrons. The van der Waals surface area contributed by atoms with Crippen molar-refractivity contribution in [1.82, 2.24) is 4.57 Å². The maximum Gasteiger partial charge on any atom is 0.0713 e. The van der Waals surface area contributed by atoms with Gasteiger partial charge < -0.3 is 9.47 Å². The van der Waals surface area contributed by atoms with Gasteiger partial charge in [-0.2, -0.15) is 0 Å². The summed E-state index contributed by atoms with van der Waals surface area (Å²) >= 11 is 0. The SMILES string of the molecule is CC1(C)c2ccccc2-c2ccc(N(c3ccc(-c4ccc(-n5c6ccccc6c6ccccc65)cc4)cc3)c3ccc(C4(c5ccccc5)c5ccccc5-c5ccccc5-c5ccccc54)cc3)cc21. The van der Waals surface area contributed by atoms with Crippen molar-refractivity contribution in [2.75, 3.05) is 4.90 Å². The molecule has 0 saturated carbocycles. The molecular weight excluding hydrogens is 869 g/mol. The molecule has 0 atom stereocenters. The highest BCUT2D eigenvalue weighted by atomic mass is 15.1. The molecular formula is C70H50N2. The van der Waals surface area contributed by atoms with Gasteiger partial charge >= 0.3 is 0 Å². The number of anilines is 3. The third-order valence-corrected chi connectivity index (χ3v) is 15.9. The van der Waals surface area contributed by atoms with E-state index in [-0.39, 0.29) is 5.41 Å². The van der Waals surface area contributed by atoms with E-state index in [1.807, 2.05) is 0 Å². The van der Waals surface area contributed by atoms with Crippen molar-refractivity contribution < 1.29 is 0 Å². The summed E-state index contributed by atoms with van der Waals surface area (Å²) in [6.07, 6.45) is 0. The molecule has 1 heterocycles. The molecule has 0 spiro atoms. The summed E-state index contributed by atoms with van der Waals surface area (Å²) in [5.74, 6) is 0. The number of nitrogens with zero attached hydrogens (tertiary/aromatic N) is 2. The van der Waals surface area contributed by atoms with Gasteiger partial charge in [0.15, 0.2) is 0 Å². The third kappa shape index (κ3) is 6.22. The Balaban J connectivity index is 0.908. The molecule has 0 saturated heterocycles. The topological polar surface area (TPSA) is 8.17 Å². The molecule has 12 aromatic rings. The van der Waals surface area contributed by atoms with Gasteiger partial charge in [-0.1, -0.05) is 220 Å². The summed E-state index contributed by atoms with van der Waals surface area (Å²) in [6, 6.07) is 99.2. The van der Waals surface area contributed by atoms with Gasteiger partial charge in [0.2, 0.25) is 0 Å². The van der Waals surface area contributed by atoms with Crippen LogP contribution in [-0.4, -0.2) is 4.57 Å². The summed E-state index contributed by atoms with van der Waals surface area (Å²) in [5, 5.41) is 2.54. The number of benzene rings is 11. The molecule has 2 heteroatoms. The van der Waals surface area contributed by atoms with Crippen molar-refractivity contribution >= 4 is 38.9 Å². The molecule has 11 aromatic carbocycles. The van der Waals surface area contributed by atoms with Gasteiger partial charge in [-0.25, -0.2) is 0 Å². The highest BCUT2D eigenvalue weighted by molar-refractivity contribution is 6.09. The molecule has 0 fully saturated rings. The van der Waals surface area contributed by atoms with E-state index >= 15 is 0 Å². The first-order chi connectivity index (χ1) is 35.5. The zero-order valence-corrected chi connectivity index (χ0v) is 40.3. The molecule has 0 bridgehead atoms. The molecule has 2 aliphatic carbocycles. The predicted octanol–water partition coefficient (Wildman–Crippen LogP) is 18.3. The van der Waals surface area contributed by atoms with Crippen LogP contribution in [0, 0.1) is 0 Å². The zero-order valence-electron chi connectivity index (χ0n) is 40.3. The van der Waals surface area contributed by atoms with Crippen LogP contribution in [-0.2, 0) is 10.8 Å². The number of hydrogen-bond acceptors (Lipinski definition) is 1. The van der Waals surface area contributed by atoms with E-state index in [1.165, 1.54) is 99.7 Å². The lowest BCUT2D eigenvalue weighted by molar-refractivity contribution is 0.660. The molecule has 0 unspecified atom stereocenters. The van der Waals surface area contributed by atoms with Gasteiger partial charge in [0.25, 0.3) is 0 Å². The van der Waals surface area contributed by atoms with Crippen LogP contribution in [0.5, 0.6) is 0 Å². The zero-order chi connectivity index (χ0) is 48.0. The highest BCUT2D eigenvalue weighted by Crippen LogP contribution is 2.56. The molecule has 72 heavy (non-hydrogen) atoms. The van der Waals surface area contributed by atoms with Crippen LogP contribution >= 0.6 is 0 Å². The first-order valence-electron chi connectivity index (χ1n) is 25.2. The van der Waals surface area contributed by atoms with Gasteiger partial charge in [-0.15, -0.1) is 0 Å². The normalized spacial score (nSPS) is 13.6. The second-order valence-electron chi connectivity index (χ2n) is 20.0. The van der Waals surface area contributed by atoms with Crippen molar-refractivity contribution in [3.05, 3.63) is 300 Å². The van der Waals surface area contributed by atoms with E-state index in [0.717, 1.165) is 22.7 Å². The first-order valence-corrected chi connectivity index (χ1v) is 25.2. The highest BCUT2D eigenvalue weighted by Gasteiger charge is 2.44. The lowest BCUT2D eigenvalue weighted by Crippen LogP contribution is -2.31. The van der Waals surface area contributed by atoms with E-state index in [0.29, 0.717) is 0 Å². The van der Waals surface area contributed by atoms with Crippen molar-refractivity contribution in [3.63, 3.8) is 0 Å². The molecule has 340 valence electrons. The quantitative estimate of drug-likeness (QED) is 0.155. The van der Waals surface area contributed by atoms with Gasteiger partial charge in [0.1, 0.15) is 0 Å². The van der Waals surface area contributed by atoms with Crippen LogP contribution < -0.4 is 4.90 Å². The average molecular weight is 919 g/mol. The van der Waals surface area contributed by atoms with Crippen LogP contribution in [0.3, 0.4) is 0 Å². The van der Waals surface area contributed by atoms with E-state index < -0.39 is 5.41 Å². The lowest BCUT2D eigenvalue weighted by atomic mass is 9.63. The Labute approximate surface area is 421 Å². The smallest absolute Gasteiger partial charge is 0.0713 e. The summed E-state index contributed by atoms with van der Waals surface area (Å²) in [7, 11) is 0. The van der Waals surface area contributed by atoms with Crippen LogP contribution in [0.25, 0.3) is 72.0 Å². The first kappa shape index (κ1) is 41.9. The predicted molar refractivity (Wildman–Crippen MR) is 301 cm³/mol. The number of rotatable bonds is 7. The third-order valence-electron chi connectivity index (χ3n) is 15.9. The largest absolute Gasteiger partial charge is 0.310 e. The Morgan fingerprint density at radius 3 is 1.28 bits per heavy atom. The Morgan fingerprint density at radius 1 is 0.306 bits per heavy atom. The Morgan fingerprint density at radius 2 is 0.708 bits per heavy atom. The summed E-state index contributed by atoms with van der Waals surface area (Å²) in [5.41, 5.74) is 23.9. The van der Waals surface area contributed by atoms with E-state index in [9.17, 15) is 0 Å². The van der Waals surface area contributed by atoms with Crippen LogP contribution in [0.2, 0.25) is 0 Å². The molecule has 0 amide bonds. The fourth-order valence-corrected chi connectivity index (χ4v) is 12.6. The fraction of sp³-hybridized carbons (Fsp3) is 0.0571. The van der Waals surface area contributed by atoms with Crippen molar-refractivity contribution in [2.24, 2.45) is 0 Å². The van der Waals surface area contributed by atoms with Crippen LogP contribution in [0.1, 0.15) is 47.2 Å². The summed E-state index contributed by atoms with van der Waals surface area (Å²) in [6.45, 7) is 4.73. The van der Waals surface area contributed by atoms with Gasteiger partial charge in [-0.05, 0) is 139 Å².